The number of hydrogen-bond acceptors (Lipinski definition) is 5. The molecule has 2 heterocycles. The molecule has 0 aromatic carbocycles. The van der Waals surface area contributed by atoms with Crippen LogP contribution in [-0.2, 0) is 0 Å². The van der Waals surface area contributed by atoms with Crippen LogP contribution in [0.1, 0.15) is 43.0 Å². The Balaban J connectivity index is 1.68. The quantitative estimate of drug-likeness (QED) is 0.874. The first-order valence-electron chi connectivity index (χ1n) is 6.72. The Labute approximate surface area is 106 Å². The highest BCUT2D eigenvalue weighted by molar-refractivity contribution is 7.15. The van der Waals surface area contributed by atoms with Crippen molar-refractivity contribution >= 4 is 16.5 Å². The van der Waals surface area contributed by atoms with Crippen molar-refractivity contribution in [1.82, 2.24) is 15.5 Å². The molecule has 0 atom stereocenters. The van der Waals surface area contributed by atoms with Crippen molar-refractivity contribution in [1.29, 1.82) is 0 Å². The molecule has 3 rings (SSSR count). The van der Waals surface area contributed by atoms with E-state index in [9.17, 15) is 0 Å². The first kappa shape index (κ1) is 11.4. The SMILES string of the molecule is C1CCC(c2nnc(N3CCNCC3)s2)CC1. The molecule has 94 valence electrons. The number of rotatable bonds is 2. The summed E-state index contributed by atoms with van der Waals surface area (Å²) in [6.45, 7) is 4.27. The van der Waals surface area contributed by atoms with Crippen molar-refractivity contribution < 1.29 is 0 Å². The number of aromatic nitrogens is 2. The fourth-order valence-electron chi connectivity index (χ4n) is 2.72. The van der Waals surface area contributed by atoms with Crippen molar-refractivity contribution in [3.8, 4) is 0 Å². The van der Waals surface area contributed by atoms with E-state index in [1.54, 1.807) is 0 Å². The minimum atomic E-state index is 0.693. The fraction of sp³-hybridized carbons (Fsp3) is 0.833. The smallest absolute Gasteiger partial charge is 0.208 e. The lowest BCUT2D eigenvalue weighted by Gasteiger charge is -2.26. The molecule has 1 aromatic rings. The van der Waals surface area contributed by atoms with Crippen LogP contribution in [0.4, 0.5) is 5.13 Å². The highest BCUT2D eigenvalue weighted by atomic mass is 32.1. The maximum absolute atomic E-state index is 4.42. The summed E-state index contributed by atoms with van der Waals surface area (Å²) in [6.07, 6.45) is 6.77. The van der Waals surface area contributed by atoms with Crippen LogP contribution in [0.5, 0.6) is 0 Å². The van der Waals surface area contributed by atoms with Gasteiger partial charge in [-0.15, -0.1) is 10.2 Å². The molecule has 1 aliphatic carbocycles. The third kappa shape index (κ3) is 2.60. The molecule has 1 N–H and O–H groups in total. The third-order valence-electron chi connectivity index (χ3n) is 3.77. The number of nitrogens with zero attached hydrogens (tertiary/aromatic N) is 3. The molecule has 5 heteroatoms. The number of anilines is 1. The summed E-state index contributed by atoms with van der Waals surface area (Å²) in [5.74, 6) is 0.693. The van der Waals surface area contributed by atoms with Crippen molar-refractivity contribution in [2.45, 2.75) is 38.0 Å². The van der Waals surface area contributed by atoms with Gasteiger partial charge in [0, 0.05) is 32.1 Å². The second-order valence-electron chi connectivity index (χ2n) is 4.99. The summed E-state index contributed by atoms with van der Waals surface area (Å²) in [6, 6.07) is 0. The summed E-state index contributed by atoms with van der Waals surface area (Å²) < 4.78 is 0. The van der Waals surface area contributed by atoms with Crippen molar-refractivity contribution in [2.75, 3.05) is 31.1 Å². The van der Waals surface area contributed by atoms with Crippen LogP contribution in [0.2, 0.25) is 0 Å². The number of piperazine rings is 1. The van der Waals surface area contributed by atoms with Crippen LogP contribution in [0, 0.1) is 0 Å². The molecule has 0 unspecified atom stereocenters. The first-order valence-corrected chi connectivity index (χ1v) is 7.54. The van der Waals surface area contributed by atoms with Gasteiger partial charge < -0.3 is 10.2 Å². The molecule has 0 spiro atoms. The molecule has 0 bridgehead atoms. The summed E-state index contributed by atoms with van der Waals surface area (Å²) >= 11 is 1.82. The van der Waals surface area contributed by atoms with Crippen LogP contribution >= 0.6 is 11.3 Å². The van der Waals surface area contributed by atoms with Crippen molar-refractivity contribution in [3.63, 3.8) is 0 Å². The van der Waals surface area contributed by atoms with Crippen molar-refractivity contribution in [2.24, 2.45) is 0 Å². The minimum Gasteiger partial charge on any atom is -0.344 e. The predicted molar refractivity (Wildman–Crippen MR) is 70.8 cm³/mol. The van der Waals surface area contributed by atoms with E-state index in [4.69, 9.17) is 0 Å². The third-order valence-corrected chi connectivity index (χ3v) is 4.92. The molecule has 0 radical (unpaired) electrons. The van der Waals surface area contributed by atoms with Gasteiger partial charge in [0.1, 0.15) is 5.01 Å². The Morgan fingerprint density at radius 3 is 2.59 bits per heavy atom. The maximum Gasteiger partial charge on any atom is 0.208 e. The molecule has 1 aliphatic heterocycles. The fourth-order valence-corrected chi connectivity index (χ4v) is 3.79. The van der Waals surface area contributed by atoms with Crippen LogP contribution in [0.15, 0.2) is 0 Å². The van der Waals surface area contributed by atoms with Gasteiger partial charge in [0.05, 0.1) is 0 Å². The number of nitrogens with one attached hydrogen (secondary N) is 1. The second-order valence-corrected chi connectivity index (χ2v) is 5.98. The van der Waals surface area contributed by atoms with E-state index in [0.29, 0.717) is 5.92 Å². The monoisotopic (exact) mass is 252 g/mol. The Kier molecular flexibility index (Phi) is 3.57. The summed E-state index contributed by atoms with van der Waals surface area (Å²) in [4.78, 5) is 2.36. The number of hydrogen-bond donors (Lipinski definition) is 1. The average molecular weight is 252 g/mol. The summed E-state index contributed by atoms with van der Waals surface area (Å²) in [5, 5.41) is 14.6. The lowest BCUT2D eigenvalue weighted by atomic mass is 9.90. The van der Waals surface area contributed by atoms with E-state index in [1.807, 2.05) is 11.3 Å². The Hall–Kier alpha value is -0.680. The van der Waals surface area contributed by atoms with Gasteiger partial charge in [-0.1, -0.05) is 30.6 Å². The summed E-state index contributed by atoms with van der Waals surface area (Å²) in [7, 11) is 0. The van der Waals surface area contributed by atoms with E-state index in [2.05, 4.69) is 20.4 Å². The van der Waals surface area contributed by atoms with Crippen LogP contribution < -0.4 is 10.2 Å². The maximum atomic E-state index is 4.42. The van der Waals surface area contributed by atoms with Crippen molar-refractivity contribution in [3.05, 3.63) is 5.01 Å². The van der Waals surface area contributed by atoms with Crippen LogP contribution in [0.25, 0.3) is 0 Å². The van der Waals surface area contributed by atoms with Gasteiger partial charge in [-0.2, -0.15) is 0 Å². The van der Waals surface area contributed by atoms with Gasteiger partial charge in [0.15, 0.2) is 0 Å². The lowest BCUT2D eigenvalue weighted by molar-refractivity contribution is 0.440. The minimum absolute atomic E-state index is 0.693. The van der Waals surface area contributed by atoms with E-state index in [-0.39, 0.29) is 0 Å². The standard InChI is InChI=1S/C12H20N4S/c1-2-4-10(5-3-1)11-14-15-12(17-11)16-8-6-13-7-9-16/h10,13H,1-9H2. The van der Waals surface area contributed by atoms with Crippen LogP contribution in [0.3, 0.4) is 0 Å². The molecular weight excluding hydrogens is 232 g/mol. The van der Waals surface area contributed by atoms with Crippen LogP contribution in [-0.4, -0.2) is 36.4 Å². The van der Waals surface area contributed by atoms with Gasteiger partial charge >= 0.3 is 0 Å². The van der Waals surface area contributed by atoms with E-state index in [1.165, 1.54) is 37.1 Å². The highest BCUT2D eigenvalue weighted by Gasteiger charge is 2.21. The zero-order chi connectivity index (χ0) is 11.5. The zero-order valence-corrected chi connectivity index (χ0v) is 11.0. The van der Waals surface area contributed by atoms with E-state index in [0.717, 1.165) is 31.3 Å². The van der Waals surface area contributed by atoms with Gasteiger partial charge in [0.25, 0.3) is 0 Å². The molecule has 1 saturated carbocycles. The van der Waals surface area contributed by atoms with Gasteiger partial charge in [-0.3, -0.25) is 0 Å². The molecule has 4 nitrogen and oxygen atoms in total. The highest BCUT2D eigenvalue weighted by Crippen LogP contribution is 2.35. The first-order chi connectivity index (χ1) is 8.43. The second kappa shape index (κ2) is 5.31. The molecule has 2 aliphatic rings. The molecule has 17 heavy (non-hydrogen) atoms. The Morgan fingerprint density at radius 1 is 1.06 bits per heavy atom. The van der Waals surface area contributed by atoms with Gasteiger partial charge in [0.2, 0.25) is 5.13 Å². The summed E-state index contributed by atoms with van der Waals surface area (Å²) in [5.41, 5.74) is 0. The van der Waals surface area contributed by atoms with E-state index >= 15 is 0 Å². The average Bonchev–Trinajstić information content (AvgIpc) is 2.90. The molecule has 2 fully saturated rings. The molecule has 0 amide bonds. The lowest BCUT2D eigenvalue weighted by Crippen LogP contribution is -2.43. The van der Waals surface area contributed by atoms with Gasteiger partial charge in [-0.25, -0.2) is 0 Å². The molecular formula is C12H20N4S. The Morgan fingerprint density at radius 2 is 1.82 bits per heavy atom. The Bertz CT molecular complexity index is 321. The largest absolute Gasteiger partial charge is 0.344 e. The zero-order valence-electron chi connectivity index (χ0n) is 10.2. The van der Waals surface area contributed by atoms with E-state index < -0.39 is 0 Å². The topological polar surface area (TPSA) is 41.1 Å². The molecule has 1 saturated heterocycles. The normalized spacial score (nSPS) is 22.9. The predicted octanol–water partition coefficient (Wildman–Crippen LogP) is 2.00. The van der Waals surface area contributed by atoms with Gasteiger partial charge in [-0.05, 0) is 12.8 Å². The molecule has 1 aromatic heterocycles.